The van der Waals surface area contributed by atoms with Crippen LogP contribution in [-0.4, -0.2) is 16.0 Å². The molecule has 0 aliphatic carbocycles. The summed E-state index contributed by atoms with van der Waals surface area (Å²) in [6, 6.07) is 20.3. The molecule has 0 spiro atoms. The minimum absolute atomic E-state index is 0.182. The summed E-state index contributed by atoms with van der Waals surface area (Å²) >= 11 is 0. The SMILES string of the molecule is O=C(NCc1cccc(O)c1)c1ccc(-c2ccccc2)cn1. The number of rotatable bonds is 4. The van der Waals surface area contributed by atoms with Gasteiger partial charge in [-0.25, -0.2) is 0 Å². The fourth-order valence-corrected chi connectivity index (χ4v) is 2.27. The molecule has 114 valence electrons. The van der Waals surface area contributed by atoms with Crippen LogP contribution in [0.25, 0.3) is 11.1 Å². The van der Waals surface area contributed by atoms with Gasteiger partial charge in [0.05, 0.1) is 0 Å². The van der Waals surface area contributed by atoms with Crippen LogP contribution < -0.4 is 5.32 Å². The van der Waals surface area contributed by atoms with Gasteiger partial charge in [-0.2, -0.15) is 0 Å². The zero-order valence-corrected chi connectivity index (χ0v) is 12.4. The van der Waals surface area contributed by atoms with Crippen molar-refractivity contribution < 1.29 is 9.90 Å². The normalized spacial score (nSPS) is 10.3. The van der Waals surface area contributed by atoms with Gasteiger partial charge in [-0.15, -0.1) is 0 Å². The number of amides is 1. The van der Waals surface area contributed by atoms with Crippen molar-refractivity contribution in [1.29, 1.82) is 0 Å². The summed E-state index contributed by atoms with van der Waals surface area (Å²) in [6.07, 6.45) is 1.69. The number of nitrogens with zero attached hydrogens (tertiary/aromatic N) is 1. The van der Waals surface area contributed by atoms with Gasteiger partial charge in [0.25, 0.3) is 5.91 Å². The van der Waals surface area contributed by atoms with Crippen molar-refractivity contribution in [2.45, 2.75) is 6.54 Å². The number of nitrogens with one attached hydrogen (secondary N) is 1. The average Bonchev–Trinajstić information content (AvgIpc) is 2.61. The molecule has 1 amide bonds. The number of aromatic nitrogens is 1. The summed E-state index contributed by atoms with van der Waals surface area (Å²) < 4.78 is 0. The first kappa shape index (κ1) is 14.8. The molecule has 3 rings (SSSR count). The van der Waals surface area contributed by atoms with E-state index in [9.17, 15) is 9.90 Å². The number of carbonyl (C=O) groups excluding carboxylic acids is 1. The highest BCUT2D eigenvalue weighted by Crippen LogP contribution is 2.17. The second-order valence-electron chi connectivity index (χ2n) is 5.15. The third kappa shape index (κ3) is 3.74. The van der Waals surface area contributed by atoms with Crippen molar-refractivity contribution in [2.24, 2.45) is 0 Å². The second kappa shape index (κ2) is 6.75. The van der Waals surface area contributed by atoms with Crippen LogP contribution in [0.15, 0.2) is 72.9 Å². The summed E-state index contributed by atoms with van der Waals surface area (Å²) in [7, 11) is 0. The molecule has 0 unspecified atom stereocenters. The van der Waals surface area contributed by atoms with Crippen LogP contribution in [0, 0.1) is 0 Å². The summed E-state index contributed by atoms with van der Waals surface area (Å²) in [6.45, 7) is 0.343. The molecule has 2 N–H and O–H groups in total. The smallest absolute Gasteiger partial charge is 0.270 e. The number of hydrogen-bond donors (Lipinski definition) is 2. The molecule has 0 atom stereocenters. The van der Waals surface area contributed by atoms with E-state index in [1.165, 1.54) is 0 Å². The highest BCUT2D eigenvalue weighted by Gasteiger charge is 2.07. The van der Waals surface area contributed by atoms with Gasteiger partial charge in [0, 0.05) is 18.3 Å². The third-order valence-electron chi connectivity index (χ3n) is 3.47. The molecule has 1 heterocycles. The van der Waals surface area contributed by atoms with E-state index in [2.05, 4.69) is 10.3 Å². The van der Waals surface area contributed by atoms with Crippen molar-refractivity contribution in [3.63, 3.8) is 0 Å². The lowest BCUT2D eigenvalue weighted by Gasteiger charge is -2.06. The van der Waals surface area contributed by atoms with Crippen molar-refractivity contribution in [2.75, 3.05) is 0 Å². The Morgan fingerprint density at radius 2 is 1.78 bits per heavy atom. The molecular formula is C19H16N2O2. The zero-order valence-electron chi connectivity index (χ0n) is 12.4. The summed E-state index contributed by atoms with van der Waals surface area (Å²) in [4.78, 5) is 16.3. The van der Waals surface area contributed by atoms with Crippen LogP contribution in [0.5, 0.6) is 5.75 Å². The maximum absolute atomic E-state index is 12.1. The molecule has 2 aromatic carbocycles. The van der Waals surface area contributed by atoms with E-state index in [4.69, 9.17) is 0 Å². The molecular weight excluding hydrogens is 288 g/mol. The van der Waals surface area contributed by atoms with Crippen molar-refractivity contribution in [3.05, 3.63) is 84.2 Å². The number of hydrogen-bond acceptors (Lipinski definition) is 3. The Kier molecular flexibility index (Phi) is 4.34. The molecule has 0 aliphatic heterocycles. The number of benzene rings is 2. The van der Waals surface area contributed by atoms with Crippen LogP contribution >= 0.6 is 0 Å². The summed E-state index contributed by atoms with van der Waals surface area (Å²) in [5, 5.41) is 12.2. The Balaban J connectivity index is 1.66. The Bertz CT molecular complexity index is 799. The van der Waals surface area contributed by atoms with Crippen LogP contribution in [0.4, 0.5) is 0 Å². The minimum atomic E-state index is -0.243. The summed E-state index contributed by atoms with van der Waals surface area (Å²) in [5.41, 5.74) is 3.23. The number of phenols is 1. The first-order valence-electron chi connectivity index (χ1n) is 7.30. The van der Waals surface area contributed by atoms with Crippen LogP contribution in [0.1, 0.15) is 16.1 Å². The molecule has 0 radical (unpaired) electrons. The molecule has 0 fully saturated rings. The monoisotopic (exact) mass is 304 g/mol. The highest BCUT2D eigenvalue weighted by atomic mass is 16.3. The lowest BCUT2D eigenvalue weighted by Crippen LogP contribution is -2.23. The van der Waals surface area contributed by atoms with Crippen molar-refractivity contribution in [1.82, 2.24) is 10.3 Å². The van der Waals surface area contributed by atoms with E-state index in [1.54, 1.807) is 30.5 Å². The lowest BCUT2D eigenvalue weighted by molar-refractivity contribution is 0.0946. The molecule has 4 nitrogen and oxygen atoms in total. The predicted molar refractivity (Wildman–Crippen MR) is 89.0 cm³/mol. The van der Waals surface area contributed by atoms with Gasteiger partial charge in [-0.1, -0.05) is 48.5 Å². The van der Waals surface area contributed by atoms with Gasteiger partial charge in [0.15, 0.2) is 0 Å². The van der Waals surface area contributed by atoms with Gasteiger partial charge < -0.3 is 10.4 Å². The first-order valence-corrected chi connectivity index (χ1v) is 7.30. The van der Waals surface area contributed by atoms with Crippen LogP contribution in [0.3, 0.4) is 0 Å². The van der Waals surface area contributed by atoms with E-state index in [-0.39, 0.29) is 11.7 Å². The van der Waals surface area contributed by atoms with Crippen LogP contribution in [-0.2, 0) is 6.54 Å². The Hall–Kier alpha value is -3.14. The van der Waals surface area contributed by atoms with Gasteiger partial charge in [-0.3, -0.25) is 9.78 Å². The van der Waals surface area contributed by atoms with Gasteiger partial charge in [0.2, 0.25) is 0 Å². The molecule has 0 saturated carbocycles. The molecule has 0 saturated heterocycles. The van der Waals surface area contributed by atoms with Gasteiger partial charge in [0.1, 0.15) is 11.4 Å². The Morgan fingerprint density at radius 3 is 2.48 bits per heavy atom. The fourth-order valence-electron chi connectivity index (χ4n) is 2.27. The Labute approximate surface area is 134 Å². The maximum Gasteiger partial charge on any atom is 0.270 e. The zero-order chi connectivity index (χ0) is 16.1. The number of carbonyl (C=O) groups is 1. The molecule has 1 aromatic heterocycles. The standard InChI is InChI=1S/C19H16N2O2/c22-17-8-4-5-14(11-17)12-21-19(23)18-10-9-16(13-20-18)15-6-2-1-3-7-15/h1-11,13,22H,12H2,(H,21,23). The van der Waals surface area contributed by atoms with Crippen LogP contribution in [0.2, 0.25) is 0 Å². The Morgan fingerprint density at radius 1 is 0.957 bits per heavy atom. The van der Waals surface area contributed by atoms with Gasteiger partial charge >= 0.3 is 0 Å². The maximum atomic E-state index is 12.1. The molecule has 4 heteroatoms. The summed E-state index contributed by atoms with van der Waals surface area (Å²) in [5.74, 6) is -0.0601. The number of pyridine rings is 1. The van der Waals surface area contributed by atoms with Gasteiger partial charge in [-0.05, 0) is 29.3 Å². The van der Waals surface area contributed by atoms with E-state index in [0.717, 1.165) is 16.7 Å². The highest BCUT2D eigenvalue weighted by molar-refractivity contribution is 5.92. The molecule has 3 aromatic rings. The average molecular weight is 304 g/mol. The molecule has 0 aliphatic rings. The molecule has 23 heavy (non-hydrogen) atoms. The quantitative estimate of drug-likeness (QED) is 0.776. The minimum Gasteiger partial charge on any atom is -0.508 e. The van der Waals surface area contributed by atoms with E-state index in [1.807, 2.05) is 42.5 Å². The van der Waals surface area contributed by atoms with E-state index >= 15 is 0 Å². The predicted octanol–water partition coefficient (Wildman–Crippen LogP) is 3.38. The lowest BCUT2D eigenvalue weighted by atomic mass is 10.1. The van der Waals surface area contributed by atoms with E-state index < -0.39 is 0 Å². The second-order valence-corrected chi connectivity index (χ2v) is 5.15. The molecule has 0 bridgehead atoms. The fraction of sp³-hybridized carbons (Fsp3) is 0.0526. The van der Waals surface area contributed by atoms with Crippen molar-refractivity contribution >= 4 is 5.91 Å². The first-order chi connectivity index (χ1) is 11.2. The van der Waals surface area contributed by atoms with Crippen molar-refractivity contribution in [3.8, 4) is 16.9 Å². The number of phenolic OH excluding ortho intramolecular Hbond substituents is 1. The topological polar surface area (TPSA) is 62.2 Å². The van der Waals surface area contributed by atoms with E-state index in [0.29, 0.717) is 12.2 Å². The largest absolute Gasteiger partial charge is 0.508 e. The number of aromatic hydroxyl groups is 1. The third-order valence-corrected chi connectivity index (χ3v) is 3.47.